The second-order valence-corrected chi connectivity index (χ2v) is 11.6. The Hall–Kier alpha value is -3.48. The molecule has 0 spiro atoms. The number of carbonyl (C=O) groups excluding carboxylic acids is 1. The fraction of sp³-hybridized carbons (Fsp3) is 0.536. The van der Waals surface area contributed by atoms with Crippen LogP contribution in [0.25, 0.3) is 0 Å². The van der Waals surface area contributed by atoms with E-state index in [4.69, 9.17) is 16.3 Å². The number of halogens is 5. The van der Waals surface area contributed by atoms with Gasteiger partial charge in [0, 0.05) is 25.7 Å². The van der Waals surface area contributed by atoms with E-state index in [-0.39, 0.29) is 37.4 Å². The van der Waals surface area contributed by atoms with E-state index in [0.717, 1.165) is 43.0 Å². The number of piperidine rings is 1. The highest BCUT2D eigenvalue weighted by molar-refractivity contribution is 6.30. The number of hydrogen-bond acceptors (Lipinski definition) is 7. The Kier molecular flexibility index (Phi) is 7.95. The second-order valence-electron chi connectivity index (χ2n) is 11.1. The summed E-state index contributed by atoms with van der Waals surface area (Å²) in [6.45, 7) is 2.51. The maximum atomic E-state index is 14.8. The molecule has 1 aliphatic carbocycles. The van der Waals surface area contributed by atoms with Crippen LogP contribution < -0.4 is 9.64 Å². The number of amides is 1. The number of rotatable bonds is 8. The molecule has 42 heavy (non-hydrogen) atoms. The summed E-state index contributed by atoms with van der Waals surface area (Å²) in [5.74, 6) is 0.990. The molecule has 2 atom stereocenters. The van der Waals surface area contributed by atoms with Gasteiger partial charge in [0.2, 0.25) is 11.9 Å². The van der Waals surface area contributed by atoms with Gasteiger partial charge in [-0.1, -0.05) is 17.7 Å². The van der Waals surface area contributed by atoms with Crippen molar-refractivity contribution in [3.8, 4) is 5.75 Å². The average Bonchev–Trinajstić information content (AvgIpc) is 3.60. The van der Waals surface area contributed by atoms with Gasteiger partial charge in [0.25, 0.3) is 5.82 Å². The number of alkyl halides is 3. The molecule has 6 rings (SSSR count). The molecular formula is C28H30ClF4N7O2. The fourth-order valence-corrected chi connectivity index (χ4v) is 6.11. The number of benzene rings is 1. The molecule has 2 aromatic heterocycles. The van der Waals surface area contributed by atoms with E-state index >= 15 is 0 Å². The quantitative estimate of drug-likeness (QED) is 0.340. The predicted molar refractivity (Wildman–Crippen MR) is 144 cm³/mol. The first-order valence-electron chi connectivity index (χ1n) is 14.1. The zero-order valence-corrected chi connectivity index (χ0v) is 23.5. The first-order chi connectivity index (χ1) is 20.1. The molecule has 1 aromatic carbocycles. The topological polar surface area (TPSA) is 89.3 Å². The van der Waals surface area contributed by atoms with Crippen LogP contribution in [0.1, 0.15) is 42.9 Å². The summed E-state index contributed by atoms with van der Waals surface area (Å²) >= 11 is 5.89. The molecule has 1 saturated carbocycles. The molecule has 1 amide bonds. The lowest BCUT2D eigenvalue weighted by Crippen LogP contribution is -2.39. The van der Waals surface area contributed by atoms with Crippen LogP contribution in [-0.2, 0) is 30.5 Å². The SMILES string of the molecule is O=C(Cc1ccc(OCC[C@@H]2C[C@@H]2C2CCN(c3ncc(Cl)cn3)CC2)cc1F)N1CCn2nc(C(F)(F)F)nc2C1. The summed E-state index contributed by atoms with van der Waals surface area (Å²) < 4.78 is 60.5. The molecule has 0 N–H and O–H groups in total. The minimum absolute atomic E-state index is 0.0574. The van der Waals surface area contributed by atoms with Crippen molar-refractivity contribution < 1.29 is 27.1 Å². The van der Waals surface area contributed by atoms with Gasteiger partial charge in [0.1, 0.15) is 17.4 Å². The van der Waals surface area contributed by atoms with Gasteiger partial charge in [-0.05, 0) is 55.1 Å². The lowest BCUT2D eigenvalue weighted by atomic mass is 9.90. The van der Waals surface area contributed by atoms with Gasteiger partial charge in [0.05, 0.1) is 43.5 Å². The van der Waals surface area contributed by atoms with Crippen LogP contribution in [0.15, 0.2) is 30.6 Å². The van der Waals surface area contributed by atoms with E-state index in [1.54, 1.807) is 18.5 Å². The van der Waals surface area contributed by atoms with Crippen LogP contribution in [0.3, 0.4) is 0 Å². The van der Waals surface area contributed by atoms with Crippen molar-refractivity contribution in [2.45, 2.75) is 51.4 Å². The van der Waals surface area contributed by atoms with E-state index in [1.165, 1.54) is 23.5 Å². The van der Waals surface area contributed by atoms with Crippen molar-refractivity contribution in [2.24, 2.45) is 17.8 Å². The van der Waals surface area contributed by atoms with Gasteiger partial charge in [-0.2, -0.15) is 13.2 Å². The average molecular weight is 608 g/mol. The van der Waals surface area contributed by atoms with Gasteiger partial charge in [0.15, 0.2) is 0 Å². The number of fused-ring (bicyclic) bond motifs is 1. The van der Waals surface area contributed by atoms with Crippen LogP contribution in [-0.4, -0.2) is 61.8 Å². The number of anilines is 1. The Morgan fingerprint density at radius 2 is 1.86 bits per heavy atom. The van der Waals surface area contributed by atoms with Crippen LogP contribution in [0.5, 0.6) is 5.75 Å². The fourth-order valence-electron chi connectivity index (χ4n) is 6.01. The lowest BCUT2D eigenvalue weighted by Gasteiger charge is -2.32. The van der Waals surface area contributed by atoms with E-state index in [9.17, 15) is 22.4 Å². The van der Waals surface area contributed by atoms with Crippen molar-refractivity contribution >= 4 is 23.5 Å². The van der Waals surface area contributed by atoms with E-state index < -0.39 is 23.7 Å². The van der Waals surface area contributed by atoms with Gasteiger partial charge < -0.3 is 14.5 Å². The molecule has 0 bridgehead atoms. The van der Waals surface area contributed by atoms with E-state index in [2.05, 4.69) is 25.0 Å². The Balaban J connectivity index is 0.929. The number of carbonyl (C=O) groups is 1. The maximum absolute atomic E-state index is 14.8. The molecule has 224 valence electrons. The maximum Gasteiger partial charge on any atom is 0.453 e. The molecule has 3 aliphatic rings. The molecule has 9 nitrogen and oxygen atoms in total. The van der Waals surface area contributed by atoms with Crippen molar-refractivity contribution in [1.29, 1.82) is 0 Å². The van der Waals surface area contributed by atoms with Crippen LogP contribution in [0.4, 0.5) is 23.5 Å². The molecule has 1 saturated heterocycles. The molecule has 4 heterocycles. The third kappa shape index (κ3) is 6.45. The number of nitrogens with zero attached hydrogens (tertiary/aromatic N) is 7. The number of ether oxygens (including phenoxy) is 1. The first-order valence-corrected chi connectivity index (χ1v) is 14.4. The van der Waals surface area contributed by atoms with Gasteiger partial charge in [-0.25, -0.2) is 24.0 Å². The zero-order chi connectivity index (χ0) is 29.4. The summed E-state index contributed by atoms with van der Waals surface area (Å²) in [6, 6.07) is 4.45. The van der Waals surface area contributed by atoms with Crippen molar-refractivity contribution in [3.63, 3.8) is 0 Å². The molecule has 3 aromatic rings. The molecular weight excluding hydrogens is 578 g/mol. The molecule has 0 radical (unpaired) electrons. The number of hydrogen-bond donors (Lipinski definition) is 0. The Morgan fingerprint density at radius 3 is 2.57 bits per heavy atom. The molecule has 0 unspecified atom stereocenters. The smallest absolute Gasteiger partial charge is 0.453 e. The van der Waals surface area contributed by atoms with Crippen molar-refractivity contribution in [1.82, 2.24) is 29.6 Å². The summed E-state index contributed by atoms with van der Waals surface area (Å²) in [7, 11) is 0. The molecule has 2 fully saturated rings. The first kappa shape index (κ1) is 28.6. The normalized spacial score (nSPS) is 20.9. The third-order valence-electron chi connectivity index (χ3n) is 8.40. The molecule has 14 heteroatoms. The Morgan fingerprint density at radius 1 is 1.10 bits per heavy atom. The summed E-state index contributed by atoms with van der Waals surface area (Å²) in [5.41, 5.74) is 0.202. The summed E-state index contributed by atoms with van der Waals surface area (Å²) in [6.07, 6.45) is 2.68. The highest BCUT2D eigenvalue weighted by atomic mass is 35.5. The van der Waals surface area contributed by atoms with Gasteiger partial charge in [-0.15, -0.1) is 5.10 Å². The zero-order valence-electron chi connectivity index (χ0n) is 22.7. The summed E-state index contributed by atoms with van der Waals surface area (Å²) in [5, 5.41) is 3.99. The van der Waals surface area contributed by atoms with Crippen LogP contribution in [0.2, 0.25) is 5.02 Å². The second kappa shape index (κ2) is 11.7. The Bertz CT molecular complexity index is 1430. The highest BCUT2D eigenvalue weighted by Crippen LogP contribution is 2.50. The van der Waals surface area contributed by atoms with E-state index in [0.29, 0.717) is 35.1 Å². The number of aromatic nitrogens is 5. The molecule has 2 aliphatic heterocycles. The van der Waals surface area contributed by atoms with E-state index in [1.807, 2.05) is 0 Å². The Labute approximate surface area is 244 Å². The summed E-state index contributed by atoms with van der Waals surface area (Å²) in [4.78, 5) is 28.5. The highest BCUT2D eigenvalue weighted by Gasteiger charge is 2.43. The van der Waals surface area contributed by atoms with Crippen LogP contribution in [0, 0.1) is 23.6 Å². The minimum atomic E-state index is -4.65. The largest absolute Gasteiger partial charge is 0.493 e. The standard InChI is InChI=1S/C28H30ClF4N7O2/c29-20-14-34-27(35-15-20)38-6-3-17(4-7-38)22-11-18(22)5-10-42-21-2-1-19(23(30)13-21)12-25(41)39-8-9-40-24(16-39)36-26(37-40)28(31,32)33/h1-2,13-15,17-18,22H,3-12,16H2/t18-,22-/m1/s1. The minimum Gasteiger partial charge on any atom is -0.493 e. The van der Waals surface area contributed by atoms with Crippen molar-refractivity contribution in [3.05, 3.63) is 58.6 Å². The predicted octanol–water partition coefficient (Wildman–Crippen LogP) is 4.79. The van der Waals surface area contributed by atoms with Crippen LogP contribution >= 0.6 is 11.6 Å². The third-order valence-corrected chi connectivity index (χ3v) is 8.60. The van der Waals surface area contributed by atoms with Crippen molar-refractivity contribution in [2.75, 3.05) is 31.1 Å². The van der Waals surface area contributed by atoms with Gasteiger partial charge >= 0.3 is 6.18 Å². The lowest BCUT2D eigenvalue weighted by molar-refractivity contribution is -0.145. The monoisotopic (exact) mass is 607 g/mol. The van der Waals surface area contributed by atoms with Gasteiger partial charge in [-0.3, -0.25) is 4.79 Å².